The molecule has 0 spiro atoms. The number of nitrogens with one attached hydrogen (secondary N) is 3. The molecule has 1 saturated carbocycles. The third kappa shape index (κ3) is 2.99. The molecule has 1 aliphatic carbocycles. The number of aromatic amines is 1. The summed E-state index contributed by atoms with van der Waals surface area (Å²) in [6.45, 7) is 0.354. The molecule has 104 valence electrons. The van der Waals surface area contributed by atoms with Gasteiger partial charge in [0.2, 0.25) is 5.91 Å². The smallest absolute Gasteiger partial charge is 0.267 e. The first-order valence-electron chi connectivity index (χ1n) is 6.88. The summed E-state index contributed by atoms with van der Waals surface area (Å²) in [5.74, 6) is -0.176. The van der Waals surface area contributed by atoms with Crippen LogP contribution in [0.1, 0.15) is 29.8 Å². The fraction of sp³-hybridized carbons (Fsp3) is 0.333. The molecule has 0 bridgehead atoms. The van der Waals surface area contributed by atoms with Crippen LogP contribution in [0.5, 0.6) is 0 Å². The molecule has 5 nitrogen and oxygen atoms in total. The Morgan fingerprint density at radius 2 is 2.05 bits per heavy atom. The summed E-state index contributed by atoms with van der Waals surface area (Å²) in [4.78, 5) is 26.5. The number of rotatable bonds is 5. The molecule has 20 heavy (non-hydrogen) atoms. The predicted molar refractivity (Wildman–Crippen MR) is 76.4 cm³/mol. The van der Waals surface area contributed by atoms with E-state index < -0.39 is 0 Å². The maximum atomic E-state index is 12.0. The number of amides is 2. The van der Waals surface area contributed by atoms with Gasteiger partial charge in [0, 0.05) is 29.9 Å². The minimum absolute atomic E-state index is 0.00412. The van der Waals surface area contributed by atoms with E-state index in [1.165, 1.54) is 0 Å². The minimum atomic E-state index is -0.180. The Hall–Kier alpha value is -2.30. The quantitative estimate of drug-likeness (QED) is 0.772. The number of fused-ring (bicyclic) bond motifs is 1. The normalized spacial score (nSPS) is 14.2. The Kier molecular flexibility index (Phi) is 3.41. The highest BCUT2D eigenvalue weighted by Crippen LogP contribution is 2.18. The van der Waals surface area contributed by atoms with Crippen LogP contribution in [-0.2, 0) is 4.79 Å². The molecule has 1 aliphatic rings. The second-order valence-corrected chi connectivity index (χ2v) is 5.12. The second-order valence-electron chi connectivity index (χ2n) is 5.12. The average Bonchev–Trinajstić information content (AvgIpc) is 3.13. The van der Waals surface area contributed by atoms with Crippen LogP contribution in [0.4, 0.5) is 0 Å². The number of hydrogen-bond acceptors (Lipinski definition) is 2. The Morgan fingerprint density at radius 1 is 1.25 bits per heavy atom. The zero-order valence-corrected chi connectivity index (χ0v) is 11.1. The number of benzene rings is 1. The number of para-hydroxylation sites is 1. The zero-order chi connectivity index (χ0) is 13.9. The third-order valence-corrected chi connectivity index (χ3v) is 3.35. The van der Waals surface area contributed by atoms with Crippen molar-refractivity contribution in [2.45, 2.75) is 25.3 Å². The molecule has 2 amide bonds. The van der Waals surface area contributed by atoms with Gasteiger partial charge in [-0.25, -0.2) is 0 Å². The van der Waals surface area contributed by atoms with Crippen LogP contribution >= 0.6 is 0 Å². The first kappa shape index (κ1) is 12.7. The van der Waals surface area contributed by atoms with Crippen molar-refractivity contribution in [1.29, 1.82) is 0 Å². The predicted octanol–water partition coefficient (Wildman–Crippen LogP) is 1.57. The van der Waals surface area contributed by atoms with Gasteiger partial charge in [-0.15, -0.1) is 0 Å². The number of hydrogen-bond donors (Lipinski definition) is 3. The van der Waals surface area contributed by atoms with Gasteiger partial charge in [-0.3, -0.25) is 9.59 Å². The standard InChI is InChI=1S/C15H17N3O2/c19-14(17-11-5-6-11)7-8-16-15(20)13-9-10-3-1-2-4-12(10)18-13/h1-4,9,11,18H,5-8H2,(H,16,20)(H,17,19). The van der Waals surface area contributed by atoms with Crippen molar-refractivity contribution in [3.63, 3.8) is 0 Å². The van der Waals surface area contributed by atoms with Crippen molar-refractivity contribution in [2.75, 3.05) is 6.54 Å². The van der Waals surface area contributed by atoms with E-state index in [2.05, 4.69) is 15.6 Å². The lowest BCUT2D eigenvalue weighted by molar-refractivity contribution is -0.121. The van der Waals surface area contributed by atoms with Crippen LogP contribution in [0.2, 0.25) is 0 Å². The molecule has 0 radical (unpaired) electrons. The fourth-order valence-corrected chi connectivity index (χ4v) is 2.11. The van der Waals surface area contributed by atoms with Crippen molar-refractivity contribution < 1.29 is 9.59 Å². The highest BCUT2D eigenvalue weighted by Gasteiger charge is 2.22. The maximum absolute atomic E-state index is 12.0. The van der Waals surface area contributed by atoms with E-state index in [4.69, 9.17) is 0 Å². The molecule has 0 aliphatic heterocycles. The molecular weight excluding hydrogens is 254 g/mol. The first-order valence-corrected chi connectivity index (χ1v) is 6.88. The summed E-state index contributed by atoms with van der Waals surface area (Å²) >= 11 is 0. The number of carbonyl (C=O) groups is 2. The van der Waals surface area contributed by atoms with Crippen LogP contribution < -0.4 is 10.6 Å². The van der Waals surface area contributed by atoms with Crippen molar-refractivity contribution in [1.82, 2.24) is 15.6 Å². The Balaban J connectivity index is 1.51. The molecule has 1 aromatic carbocycles. The van der Waals surface area contributed by atoms with Gasteiger partial charge in [0.15, 0.2) is 0 Å². The van der Waals surface area contributed by atoms with Crippen LogP contribution in [-0.4, -0.2) is 29.4 Å². The second kappa shape index (κ2) is 5.36. The largest absolute Gasteiger partial charge is 0.353 e. The van der Waals surface area contributed by atoms with Crippen molar-refractivity contribution in [3.8, 4) is 0 Å². The zero-order valence-electron chi connectivity index (χ0n) is 11.1. The van der Waals surface area contributed by atoms with E-state index in [0.717, 1.165) is 23.7 Å². The highest BCUT2D eigenvalue weighted by atomic mass is 16.2. The fourth-order valence-electron chi connectivity index (χ4n) is 2.11. The van der Waals surface area contributed by atoms with Crippen LogP contribution in [0.25, 0.3) is 10.9 Å². The van der Waals surface area contributed by atoms with E-state index >= 15 is 0 Å². The molecule has 3 rings (SSSR count). The first-order chi connectivity index (χ1) is 9.72. The van der Waals surface area contributed by atoms with Gasteiger partial charge >= 0.3 is 0 Å². The molecule has 1 fully saturated rings. The molecule has 2 aromatic rings. The Bertz CT molecular complexity index is 610. The van der Waals surface area contributed by atoms with Gasteiger partial charge < -0.3 is 15.6 Å². The Morgan fingerprint density at radius 3 is 2.80 bits per heavy atom. The minimum Gasteiger partial charge on any atom is -0.353 e. The van der Waals surface area contributed by atoms with Gasteiger partial charge in [0.05, 0.1) is 0 Å². The third-order valence-electron chi connectivity index (χ3n) is 3.35. The number of carbonyl (C=O) groups excluding carboxylic acids is 2. The molecule has 0 atom stereocenters. The van der Waals surface area contributed by atoms with E-state index in [0.29, 0.717) is 24.7 Å². The summed E-state index contributed by atoms with van der Waals surface area (Å²) in [7, 11) is 0. The van der Waals surface area contributed by atoms with Crippen molar-refractivity contribution >= 4 is 22.7 Å². The monoisotopic (exact) mass is 271 g/mol. The van der Waals surface area contributed by atoms with E-state index in [1.807, 2.05) is 30.3 Å². The lowest BCUT2D eigenvalue weighted by Gasteiger charge is -2.04. The number of H-pyrrole nitrogens is 1. The summed E-state index contributed by atoms with van der Waals surface area (Å²) in [6.07, 6.45) is 2.47. The van der Waals surface area contributed by atoms with Gasteiger partial charge in [0.25, 0.3) is 5.91 Å². The molecular formula is C15H17N3O2. The van der Waals surface area contributed by atoms with Gasteiger partial charge in [-0.05, 0) is 25.0 Å². The molecule has 3 N–H and O–H groups in total. The summed E-state index contributed by atoms with van der Waals surface area (Å²) in [6, 6.07) is 9.91. The van der Waals surface area contributed by atoms with Crippen LogP contribution in [0, 0.1) is 0 Å². The van der Waals surface area contributed by atoms with Crippen LogP contribution in [0.3, 0.4) is 0 Å². The van der Waals surface area contributed by atoms with E-state index in [1.54, 1.807) is 0 Å². The highest BCUT2D eigenvalue weighted by molar-refractivity contribution is 5.98. The van der Waals surface area contributed by atoms with E-state index in [9.17, 15) is 9.59 Å². The SMILES string of the molecule is O=C(CCNC(=O)c1cc2ccccc2[nH]1)NC1CC1. The van der Waals surface area contributed by atoms with Crippen molar-refractivity contribution in [3.05, 3.63) is 36.0 Å². The van der Waals surface area contributed by atoms with Crippen LogP contribution in [0.15, 0.2) is 30.3 Å². The summed E-state index contributed by atoms with van der Waals surface area (Å²) in [5, 5.41) is 6.65. The molecule has 1 heterocycles. The van der Waals surface area contributed by atoms with Gasteiger partial charge in [0.1, 0.15) is 5.69 Å². The van der Waals surface area contributed by atoms with Gasteiger partial charge in [-0.2, -0.15) is 0 Å². The van der Waals surface area contributed by atoms with Crippen molar-refractivity contribution in [2.24, 2.45) is 0 Å². The lowest BCUT2D eigenvalue weighted by Crippen LogP contribution is -2.31. The summed E-state index contributed by atoms with van der Waals surface area (Å²) < 4.78 is 0. The topological polar surface area (TPSA) is 74.0 Å². The number of aromatic nitrogens is 1. The van der Waals surface area contributed by atoms with Gasteiger partial charge in [-0.1, -0.05) is 18.2 Å². The van der Waals surface area contributed by atoms with E-state index in [-0.39, 0.29) is 11.8 Å². The average molecular weight is 271 g/mol. The lowest BCUT2D eigenvalue weighted by atomic mass is 10.2. The Labute approximate surface area is 116 Å². The molecule has 1 aromatic heterocycles. The summed E-state index contributed by atoms with van der Waals surface area (Å²) in [5.41, 5.74) is 1.46. The molecule has 5 heteroatoms. The maximum Gasteiger partial charge on any atom is 0.267 e. The molecule has 0 saturated heterocycles. The molecule has 0 unspecified atom stereocenters.